The summed E-state index contributed by atoms with van der Waals surface area (Å²) < 4.78 is 0. The average Bonchev–Trinajstić information content (AvgIpc) is 3.07. The van der Waals surface area contributed by atoms with E-state index in [1.54, 1.807) is 0 Å². The van der Waals surface area contributed by atoms with E-state index in [1.165, 1.54) is 49.7 Å². The van der Waals surface area contributed by atoms with Crippen molar-refractivity contribution in [3.05, 3.63) is 125 Å². The molecule has 0 saturated carbocycles. The number of pyridine rings is 3. The molecule has 3 nitrogen and oxygen atoms in total. The second-order valence-corrected chi connectivity index (χ2v) is 15.1. The number of benzene rings is 3. The van der Waals surface area contributed by atoms with Crippen molar-refractivity contribution in [2.45, 2.75) is 119 Å². The van der Waals surface area contributed by atoms with Crippen LogP contribution < -0.4 is 0 Å². The van der Waals surface area contributed by atoms with E-state index in [-0.39, 0.29) is 0 Å². The Morgan fingerprint density at radius 3 is 1.27 bits per heavy atom. The fourth-order valence-corrected chi connectivity index (χ4v) is 5.51. The summed E-state index contributed by atoms with van der Waals surface area (Å²) in [6.45, 7) is 26.5. The Labute approximate surface area is 290 Å². The van der Waals surface area contributed by atoms with Crippen LogP contribution in [0.5, 0.6) is 0 Å². The lowest BCUT2D eigenvalue weighted by Gasteiger charge is -2.09. The molecule has 0 saturated heterocycles. The molecular weight excluding hydrogens is 583 g/mol. The first kappa shape index (κ1) is 36.7. The van der Waals surface area contributed by atoms with Crippen LogP contribution in [0, 0.1) is 0 Å². The quantitative estimate of drug-likeness (QED) is 0.182. The average molecular weight is 640 g/mol. The molecule has 3 aromatic carbocycles. The first-order valence-electron chi connectivity index (χ1n) is 17.9. The van der Waals surface area contributed by atoms with Crippen LogP contribution in [0.3, 0.4) is 0 Å². The van der Waals surface area contributed by atoms with E-state index in [9.17, 15) is 0 Å². The molecule has 0 aliphatic rings. The minimum Gasteiger partial charge on any atom is -0.256 e. The van der Waals surface area contributed by atoms with Crippen molar-refractivity contribution in [2.24, 2.45) is 0 Å². The molecule has 0 fully saturated rings. The van der Waals surface area contributed by atoms with Gasteiger partial charge in [0.1, 0.15) is 0 Å². The van der Waals surface area contributed by atoms with Crippen molar-refractivity contribution < 1.29 is 0 Å². The summed E-state index contributed by atoms with van der Waals surface area (Å²) in [5, 5.41) is 3.75. The van der Waals surface area contributed by atoms with Gasteiger partial charge in [-0.05, 0) is 112 Å². The highest BCUT2D eigenvalue weighted by atomic mass is 14.7. The van der Waals surface area contributed by atoms with Crippen LogP contribution in [-0.2, 0) is 0 Å². The summed E-state index contributed by atoms with van der Waals surface area (Å²) in [6, 6.07) is 28.5. The van der Waals surface area contributed by atoms with E-state index in [0.29, 0.717) is 35.5 Å². The first-order chi connectivity index (χ1) is 22.7. The largest absolute Gasteiger partial charge is 0.256 e. The monoisotopic (exact) mass is 639 g/mol. The lowest BCUT2D eigenvalue weighted by molar-refractivity contribution is 0.829. The fourth-order valence-electron chi connectivity index (χ4n) is 5.51. The number of hydrogen-bond donors (Lipinski definition) is 0. The van der Waals surface area contributed by atoms with Crippen molar-refractivity contribution in [3.8, 4) is 0 Å². The van der Waals surface area contributed by atoms with Crippen LogP contribution >= 0.6 is 0 Å². The van der Waals surface area contributed by atoms with Gasteiger partial charge >= 0.3 is 0 Å². The third kappa shape index (κ3) is 9.49. The molecule has 0 atom stereocenters. The van der Waals surface area contributed by atoms with Gasteiger partial charge in [-0.3, -0.25) is 15.0 Å². The van der Waals surface area contributed by atoms with Crippen molar-refractivity contribution in [3.63, 3.8) is 0 Å². The zero-order valence-corrected chi connectivity index (χ0v) is 31.5. The predicted octanol–water partition coefficient (Wildman–Crippen LogP) is 13.4. The highest BCUT2D eigenvalue weighted by Gasteiger charge is 2.07. The molecule has 6 rings (SSSR count). The molecule has 0 amide bonds. The summed E-state index contributed by atoms with van der Waals surface area (Å²) >= 11 is 0. The second kappa shape index (κ2) is 16.3. The number of hydrogen-bond acceptors (Lipinski definition) is 3. The Balaban J connectivity index is 0.000000163. The van der Waals surface area contributed by atoms with E-state index < -0.39 is 0 Å². The van der Waals surface area contributed by atoms with Crippen LogP contribution in [0.15, 0.2) is 91.3 Å². The van der Waals surface area contributed by atoms with E-state index >= 15 is 0 Å². The van der Waals surface area contributed by atoms with E-state index in [2.05, 4.69) is 177 Å². The van der Waals surface area contributed by atoms with Gasteiger partial charge in [0.05, 0.1) is 16.6 Å². The SMILES string of the molecule is CC(C)c1ccc2nc(C(C)C)ccc2c1.CC(C)c1ccc2ncc(C(C)C)cc2c1.CC(C)c1cnc2cc(C(C)C)ccc2c1. The van der Waals surface area contributed by atoms with Gasteiger partial charge < -0.3 is 0 Å². The molecule has 3 aromatic heterocycles. The zero-order valence-electron chi connectivity index (χ0n) is 31.5. The Morgan fingerprint density at radius 2 is 0.729 bits per heavy atom. The predicted molar refractivity (Wildman–Crippen MR) is 210 cm³/mol. The van der Waals surface area contributed by atoms with Crippen molar-refractivity contribution in [1.82, 2.24) is 15.0 Å². The first-order valence-corrected chi connectivity index (χ1v) is 17.9. The van der Waals surface area contributed by atoms with E-state index in [1.807, 2.05) is 12.4 Å². The maximum atomic E-state index is 4.68. The number of fused-ring (bicyclic) bond motifs is 3. The van der Waals surface area contributed by atoms with Gasteiger partial charge in [0.25, 0.3) is 0 Å². The van der Waals surface area contributed by atoms with Gasteiger partial charge in [-0.1, -0.05) is 113 Å². The summed E-state index contributed by atoms with van der Waals surface area (Å²) in [7, 11) is 0. The number of rotatable bonds is 6. The van der Waals surface area contributed by atoms with Gasteiger partial charge in [-0.15, -0.1) is 0 Å². The summed E-state index contributed by atoms with van der Waals surface area (Å²) in [5.74, 6) is 3.30. The van der Waals surface area contributed by atoms with Crippen molar-refractivity contribution in [2.75, 3.05) is 0 Å². The molecule has 252 valence electrons. The Kier molecular flexibility index (Phi) is 12.5. The zero-order chi connectivity index (χ0) is 35.1. The maximum Gasteiger partial charge on any atom is 0.0705 e. The Morgan fingerprint density at radius 1 is 0.333 bits per heavy atom. The number of aromatic nitrogens is 3. The molecule has 3 heteroatoms. The summed E-state index contributed by atoms with van der Waals surface area (Å²) in [4.78, 5) is 13.7. The molecule has 0 spiro atoms. The van der Waals surface area contributed by atoms with Gasteiger partial charge in [-0.2, -0.15) is 0 Å². The molecule has 0 bridgehead atoms. The molecule has 6 aromatic rings. The molecule has 0 radical (unpaired) electrons. The third-order valence-electron chi connectivity index (χ3n) is 9.12. The Hall–Kier alpha value is -4.11. The molecular formula is C45H57N3. The van der Waals surface area contributed by atoms with Crippen LogP contribution in [0.25, 0.3) is 32.7 Å². The lowest BCUT2D eigenvalue weighted by atomic mass is 9.98. The normalized spacial score (nSPS) is 11.6. The van der Waals surface area contributed by atoms with Crippen LogP contribution in [0.2, 0.25) is 0 Å². The maximum absolute atomic E-state index is 4.68. The summed E-state index contributed by atoms with van der Waals surface area (Å²) in [5.41, 5.74) is 11.2. The smallest absolute Gasteiger partial charge is 0.0705 e. The van der Waals surface area contributed by atoms with Crippen LogP contribution in [0.4, 0.5) is 0 Å². The van der Waals surface area contributed by atoms with Gasteiger partial charge in [-0.25, -0.2) is 0 Å². The molecule has 0 aliphatic carbocycles. The van der Waals surface area contributed by atoms with E-state index in [4.69, 9.17) is 0 Å². The molecule has 48 heavy (non-hydrogen) atoms. The van der Waals surface area contributed by atoms with Crippen LogP contribution in [0.1, 0.15) is 152 Å². The second-order valence-electron chi connectivity index (χ2n) is 15.1. The highest BCUT2D eigenvalue weighted by Crippen LogP contribution is 2.25. The molecule has 0 unspecified atom stereocenters. The summed E-state index contributed by atoms with van der Waals surface area (Å²) in [6.07, 6.45) is 3.99. The van der Waals surface area contributed by atoms with E-state index in [0.717, 1.165) is 16.6 Å². The molecule has 0 aliphatic heterocycles. The van der Waals surface area contributed by atoms with Crippen molar-refractivity contribution in [1.29, 1.82) is 0 Å². The van der Waals surface area contributed by atoms with Crippen LogP contribution in [-0.4, -0.2) is 15.0 Å². The van der Waals surface area contributed by atoms with Gasteiger partial charge in [0.15, 0.2) is 0 Å². The Bertz CT molecular complexity index is 1710. The topological polar surface area (TPSA) is 38.7 Å². The molecule has 3 heterocycles. The minimum atomic E-state index is 0.495. The molecule has 0 N–H and O–H groups in total. The third-order valence-corrected chi connectivity index (χ3v) is 9.12. The van der Waals surface area contributed by atoms with Gasteiger partial charge in [0.2, 0.25) is 0 Å². The fraction of sp³-hybridized carbons (Fsp3) is 0.400. The number of nitrogens with zero attached hydrogens (tertiary/aromatic N) is 3. The lowest BCUT2D eigenvalue weighted by Crippen LogP contribution is -1.93. The minimum absolute atomic E-state index is 0.495. The van der Waals surface area contributed by atoms with Gasteiger partial charge in [0, 0.05) is 34.2 Å². The van der Waals surface area contributed by atoms with Crippen molar-refractivity contribution >= 4 is 32.7 Å². The highest BCUT2D eigenvalue weighted by molar-refractivity contribution is 5.81. The standard InChI is InChI=1S/3C15H19N/c1-10(2)12-5-8-15-13(9-12)6-7-14(16-15)11(3)4;1-10(2)12-5-6-13-7-14(11(3)4)9-16-15(13)8-12;1-10(2)12-5-6-15-13(7-12)8-14(9-16-15)11(3)4/h3*5-11H,1-4H3.